The molecule has 1 aliphatic heterocycles. The SMILES string of the molecule is Cc1ccc2c([n+]1O)COC2=O. The molecule has 1 aliphatic rings. The Balaban J connectivity index is 2.68. The number of ether oxygens (including phenoxy) is 1. The van der Waals surface area contributed by atoms with Crippen LogP contribution in [0.4, 0.5) is 0 Å². The van der Waals surface area contributed by atoms with E-state index in [4.69, 9.17) is 4.74 Å². The largest absolute Gasteiger partial charge is 0.450 e. The van der Waals surface area contributed by atoms with Crippen LogP contribution in [0.3, 0.4) is 0 Å². The van der Waals surface area contributed by atoms with Crippen molar-refractivity contribution in [3.05, 3.63) is 29.1 Å². The maximum atomic E-state index is 11.0. The highest BCUT2D eigenvalue weighted by Gasteiger charge is 2.31. The molecule has 0 spiro atoms. The summed E-state index contributed by atoms with van der Waals surface area (Å²) in [7, 11) is 0. The van der Waals surface area contributed by atoms with Crippen molar-refractivity contribution in [2.75, 3.05) is 0 Å². The number of aromatic nitrogens is 1. The molecule has 2 rings (SSSR count). The van der Waals surface area contributed by atoms with Gasteiger partial charge in [0.2, 0.25) is 5.69 Å². The molecular formula is C8H8NO3+. The third-order valence-corrected chi connectivity index (χ3v) is 1.95. The zero-order chi connectivity index (χ0) is 8.72. The summed E-state index contributed by atoms with van der Waals surface area (Å²) < 4.78 is 5.73. The molecule has 1 aromatic rings. The molecule has 0 aromatic carbocycles. The number of carbonyl (C=O) groups excluding carboxylic acids is 1. The molecule has 12 heavy (non-hydrogen) atoms. The molecule has 0 unspecified atom stereocenters. The zero-order valence-electron chi connectivity index (χ0n) is 6.57. The average molecular weight is 166 g/mol. The number of hydrogen-bond donors (Lipinski definition) is 1. The van der Waals surface area contributed by atoms with Crippen LogP contribution in [0.1, 0.15) is 21.7 Å². The Morgan fingerprint density at radius 2 is 2.33 bits per heavy atom. The van der Waals surface area contributed by atoms with Crippen molar-refractivity contribution in [2.45, 2.75) is 13.5 Å². The van der Waals surface area contributed by atoms with Gasteiger partial charge < -0.3 is 4.74 Å². The Hall–Kier alpha value is -1.58. The smallest absolute Gasteiger partial charge is 0.345 e. The van der Waals surface area contributed by atoms with Gasteiger partial charge in [0.05, 0.1) is 0 Å². The summed E-state index contributed by atoms with van der Waals surface area (Å²) >= 11 is 0. The quantitative estimate of drug-likeness (QED) is 0.340. The van der Waals surface area contributed by atoms with E-state index in [0.717, 1.165) is 4.73 Å². The first-order valence-electron chi connectivity index (χ1n) is 3.61. The normalized spacial score (nSPS) is 14.2. The summed E-state index contributed by atoms with van der Waals surface area (Å²) in [5.41, 5.74) is 1.66. The fourth-order valence-corrected chi connectivity index (χ4v) is 1.23. The van der Waals surface area contributed by atoms with Crippen LogP contribution in [0.25, 0.3) is 0 Å². The average Bonchev–Trinajstić information content (AvgIpc) is 2.41. The topological polar surface area (TPSA) is 50.4 Å². The second-order valence-electron chi connectivity index (χ2n) is 2.72. The number of esters is 1. The van der Waals surface area contributed by atoms with Crippen molar-refractivity contribution in [1.29, 1.82) is 0 Å². The molecule has 0 aliphatic carbocycles. The van der Waals surface area contributed by atoms with Crippen molar-refractivity contribution in [1.82, 2.24) is 0 Å². The first-order chi connectivity index (χ1) is 5.70. The van der Waals surface area contributed by atoms with Gasteiger partial charge in [-0.1, -0.05) is 0 Å². The Bertz CT molecular complexity index is 360. The zero-order valence-corrected chi connectivity index (χ0v) is 6.57. The van der Waals surface area contributed by atoms with Crippen LogP contribution in [-0.4, -0.2) is 11.2 Å². The summed E-state index contributed by atoms with van der Waals surface area (Å²) in [6.45, 7) is 1.91. The molecule has 0 saturated heterocycles. The van der Waals surface area contributed by atoms with Gasteiger partial charge in [-0.05, 0) is 6.07 Å². The van der Waals surface area contributed by atoms with Crippen LogP contribution in [0.5, 0.6) is 0 Å². The van der Waals surface area contributed by atoms with Gasteiger partial charge in [-0.15, -0.1) is 0 Å². The highest BCUT2D eigenvalue weighted by molar-refractivity contribution is 5.92. The minimum Gasteiger partial charge on any atom is -0.450 e. The maximum absolute atomic E-state index is 11.0. The van der Waals surface area contributed by atoms with Crippen molar-refractivity contribution in [3.63, 3.8) is 0 Å². The molecular weight excluding hydrogens is 158 g/mol. The molecule has 0 atom stereocenters. The Labute approximate surface area is 69.0 Å². The minimum absolute atomic E-state index is 0.159. The van der Waals surface area contributed by atoms with E-state index in [1.165, 1.54) is 0 Å². The molecule has 2 heterocycles. The molecule has 0 fully saturated rings. The molecule has 0 radical (unpaired) electrons. The number of nitrogens with zero attached hydrogens (tertiary/aromatic N) is 1. The predicted molar refractivity (Wildman–Crippen MR) is 37.7 cm³/mol. The van der Waals surface area contributed by atoms with Crippen molar-refractivity contribution >= 4 is 5.97 Å². The van der Waals surface area contributed by atoms with E-state index in [-0.39, 0.29) is 12.6 Å². The lowest BCUT2D eigenvalue weighted by Crippen LogP contribution is -2.38. The van der Waals surface area contributed by atoms with E-state index in [1.54, 1.807) is 19.1 Å². The number of cyclic esters (lactones) is 1. The summed E-state index contributed by atoms with van der Waals surface area (Å²) in [5, 5.41) is 9.42. The molecule has 0 bridgehead atoms. The van der Waals surface area contributed by atoms with Crippen molar-refractivity contribution in [2.24, 2.45) is 0 Å². The summed E-state index contributed by atoms with van der Waals surface area (Å²) in [6, 6.07) is 3.33. The lowest BCUT2D eigenvalue weighted by Gasteiger charge is -1.91. The Morgan fingerprint density at radius 1 is 1.58 bits per heavy atom. The van der Waals surface area contributed by atoms with Crippen LogP contribution in [0.15, 0.2) is 12.1 Å². The van der Waals surface area contributed by atoms with Crippen LogP contribution >= 0.6 is 0 Å². The van der Waals surface area contributed by atoms with Gasteiger partial charge in [0.15, 0.2) is 6.61 Å². The molecule has 1 N–H and O–H groups in total. The predicted octanol–water partition coefficient (Wildman–Crippen LogP) is 0.190. The van der Waals surface area contributed by atoms with Gasteiger partial charge >= 0.3 is 5.97 Å². The van der Waals surface area contributed by atoms with Gasteiger partial charge in [-0.2, -0.15) is 0 Å². The van der Waals surface area contributed by atoms with Gasteiger partial charge in [0, 0.05) is 17.7 Å². The molecule has 4 heteroatoms. The molecule has 4 nitrogen and oxygen atoms in total. The summed E-state index contributed by atoms with van der Waals surface area (Å²) in [4.78, 5) is 11.0. The highest BCUT2D eigenvalue weighted by Crippen LogP contribution is 2.15. The van der Waals surface area contributed by atoms with Crippen LogP contribution in [0, 0.1) is 6.92 Å². The van der Waals surface area contributed by atoms with Crippen LogP contribution in [0.2, 0.25) is 0 Å². The minimum atomic E-state index is -0.368. The Kier molecular flexibility index (Phi) is 1.30. The van der Waals surface area contributed by atoms with E-state index < -0.39 is 0 Å². The third-order valence-electron chi connectivity index (χ3n) is 1.95. The van der Waals surface area contributed by atoms with Crippen LogP contribution in [-0.2, 0) is 11.3 Å². The van der Waals surface area contributed by atoms with E-state index in [1.807, 2.05) is 0 Å². The number of aryl methyl sites for hydroxylation is 1. The van der Waals surface area contributed by atoms with Crippen molar-refractivity contribution < 1.29 is 19.5 Å². The molecule has 62 valence electrons. The molecule has 0 saturated carbocycles. The maximum Gasteiger partial charge on any atom is 0.345 e. The van der Waals surface area contributed by atoms with Gasteiger partial charge in [0.1, 0.15) is 5.56 Å². The van der Waals surface area contributed by atoms with Gasteiger partial charge in [0.25, 0.3) is 5.69 Å². The number of rotatable bonds is 0. The molecule has 0 amide bonds. The fourth-order valence-electron chi connectivity index (χ4n) is 1.23. The third kappa shape index (κ3) is 0.777. The second-order valence-corrected chi connectivity index (χ2v) is 2.72. The molecule has 1 aromatic heterocycles. The van der Waals surface area contributed by atoms with Gasteiger partial charge in [-0.3, -0.25) is 5.21 Å². The van der Waals surface area contributed by atoms with Crippen LogP contribution < -0.4 is 4.73 Å². The number of pyridine rings is 1. The standard InChI is InChI=1S/C8H8NO3/c1-5-2-3-6-7(9(5)11)4-12-8(6)10/h2-3,11H,4H2,1H3/q+1. The van der Waals surface area contributed by atoms with Gasteiger partial charge in [-0.25, -0.2) is 4.79 Å². The number of hydrogen-bond acceptors (Lipinski definition) is 3. The fraction of sp³-hybridized carbons (Fsp3) is 0.250. The second kappa shape index (κ2) is 2.20. The summed E-state index contributed by atoms with van der Waals surface area (Å²) in [6.07, 6.45) is 0. The van der Waals surface area contributed by atoms with E-state index >= 15 is 0 Å². The highest BCUT2D eigenvalue weighted by atomic mass is 16.5. The van der Waals surface area contributed by atoms with Crippen molar-refractivity contribution in [3.8, 4) is 0 Å². The van der Waals surface area contributed by atoms with E-state index in [2.05, 4.69) is 0 Å². The lowest BCUT2D eigenvalue weighted by molar-refractivity contribution is -0.914. The summed E-state index contributed by atoms with van der Waals surface area (Å²) in [5.74, 6) is -0.368. The monoisotopic (exact) mass is 166 g/mol. The number of fused-ring (bicyclic) bond motifs is 1. The van der Waals surface area contributed by atoms with E-state index in [9.17, 15) is 10.0 Å². The van der Waals surface area contributed by atoms with E-state index in [0.29, 0.717) is 17.0 Å². The first-order valence-corrected chi connectivity index (χ1v) is 3.61. The number of carbonyl (C=O) groups is 1. The Morgan fingerprint density at radius 3 is 3.08 bits per heavy atom. The lowest BCUT2D eigenvalue weighted by atomic mass is 10.2. The first kappa shape index (κ1) is 7.09.